The predicted octanol–water partition coefficient (Wildman–Crippen LogP) is 3.10. The van der Waals surface area contributed by atoms with Gasteiger partial charge >= 0.3 is 0 Å². The van der Waals surface area contributed by atoms with Crippen LogP contribution < -0.4 is 10.0 Å². The summed E-state index contributed by atoms with van der Waals surface area (Å²) in [5.74, 6) is 0.647. The number of nitrogens with one attached hydrogen (secondary N) is 2. The molecule has 0 spiro atoms. The maximum atomic E-state index is 12.4. The lowest BCUT2D eigenvalue weighted by Crippen LogP contribution is -2.40. The molecule has 6 nitrogen and oxygen atoms in total. The molecule has 3 rings (SSSR count). The fraction of sp³-hybridized carbons (Fsp3) is 0.389. The van der Waals surface area contributed by atoms with E-state index in [1.54, 1.807) is 45.2 Å². The van der Waals surface area contributed by atoms with Gasteiger partial charge in [0.1, 0.15) is 5.76 Å². The van der Waals surface area contributed by atoms with Crippen molar-refractivity contribution in [1.82, 2.24) is 4.72 Å². The fourth-order valence-electron chi connectivity index (χ4n) is 2.74. The van der Waals surface area contributed by atoms with E-state index < -0.39 is 15.6 Å². The van der Waals surface area contributed by atoms with Gasteiger partial charge in [-0.3, -0.25) is 4.79 Å². The van der Waals surface area contributed by atoms with Crippen molar-refractivity contribution in [2.45, 2.75) is 43.5 Å². The van der Waals surface area contributed by atoms with Gasteiger partial charge in [0, 0.05) is 23.1 Å². The van der Waals surface area contributed by atoms with E-state index >= 15 is 0 Å². The van der Waals surface area contributed by atoms with Crippen molar-refractivity contribution < 1.29 is 17.6 Å². The zero-order chi connectivity index (χ0) is 18.2. The number of hydrogen-bond donors (Lipinski definition) is 2. The van der Waals surface area contributed by atoms with Gasteiger partial charge in [0.15, 0.2) is 0 Å². The largest absolute Gasteiger partial charge is 0.469 e. The van der Waals surface area contributed by atoms with Crippen LogP contribution in [0.3, 0.4) is 0 Å². The molecule has 1 saturated carbocycles. The van der Waals surface area contributed by atoms with Crippen molar-refractivity contribution in [3.8, 4) is 0 Å². The Bertz CT molecular complexity index is 867. The van der Waals surface area contributed by atoms with Crippen LogP contribution >= 0.6 is 0 Å². The number of amides is 1. The summed E-state index contributed by atoms with van der Waals surface area (Å²) >= 11 is 0. The maximum absolute atomic E-state index is 12.4. The Morgan fingerprint density at radius 1 is 1.20 bits per heavy atom. The topological polar surface area (TPSA) is 88.4 Å². The minimum atomic E-state index is -3.64. The Morgan fingerprint density at radius 2 is 1.96 bits per heavy atom. The molecule has 1 aliphatic rings. The van der Waals surface area contributed by atoms with Crippen molar-refractivity contribution in [3.05, 3.63) is 48.4 Å². The second-order valence-corrected chi connectivity index (χ2v) is 9.02. The number of anilines is 1. The third kappa shape index (κ3) is 4.29. The van der Waals surface area contributed by atoms with Crippen LogP contribution in [0, 0.1) is 5.92 Å². The first-order chi connectivity index (χ1) is 11.7. The summed E-state index contributed by atoms with van der Waals surface area (Å²) in [6.45, 7) is 5.33. The zero-order valence-electron chi connectivity index (χ0n) is 14.4. The molecule has 0 saturated heterocycles. The summed E-state index contributed by atoms with van der Waals surface area (Å²) in [6.07, 6.45) is 2.34. The molecule has 0 aliphatic heterocycles. The third-order valence-corrected chi connectivity index (χ3v) is 5.64. The molecule has 1 heterocycles. The standard InChI is InChI=1S/C18H22N2O4S/c1-18(2,3)20-25(22,23)13-7-4-6-12(10-13)19-17(21)15-11-14(15)16-8-5-9-24-16/h4-10,14-15,20H,11H2,1-3H3,(H,19,21). The zero-order valence-corrected chi connectivity index (χ0v) is 15.3. The lowest BCUT2D eigenvalue weighted by atomic mass is 10.1. The Labute approximate surface area is 147 Å². The molecule has 7 heteroatoms. The lowest BCUT2D eigenvalue weighted by molar-refractivity contribution is -0.117. The van der Waals surface area contributed by atoms with Crippen molar-refractivity contribution >= 4 is 21.6 Å². The normalized spacial score (nSPS) is 20.3. The molecule has 2 aromatic rings. The molecule has 0 radical (unpaired) electrons. The molecule has 1 amide bonds. The number of benzene rings is 1. The lowest BCUT2D eigenvalue weighted by Gasteiger charge is -2.20. The van der Waals surface area contributed by atoms with Crippen LogP contribution in [0.5, 0.6) is 0 Å². The van der Waals surface area contributed by atoms with E-state index in [1.165, 1.54) is 12.1 Å². The Hall–Kier alpha value is -2.12. The number of hydrogen-bond acceptors (Lipinski definition) is 4. The van der Waals surface area contributed by atoms with Crippen LogP contribution in [0.15, 0.2) is 52.0 Å². The molecule has 2 atom stereocenters. The van der Waals surface area contributed by atoms with Gasteiger partial charge in [-0.2, -0.15) is 0 Å². The van der Waals surface area contributed by atoms with Gasteiger partial charge in [-0.25, -0.2) is 13.1 Å². The van der Waals surface area contributed by atoms with Crippen LogP contribution in [0.2, 0.25) is 0 Å². The van der Waals surface area contributed by atoms with Crippen molar-refractivity contribution in [2.75, 3.05) is 5.32 Å². The van der Waals surface area contributed by atoms with Gasteiger partial charge in [0.05, 0.1) is 11.2 Å². The highest BCUT2D eigenvalue weighted by molar-refractivity contribution is 7.89. The Kier molecular flexibility index (Phi) is 4.47. The van der Waals surface area contributed by atoms with Gasteiger partial charge in [-0.15, -0.1) is 0 Å². The second kappa shape index (κ2) is 6.31. The molecule has 1 aliphatic carbocycles. The monoisotopic (exact) mass is 362 g/mol. The molecule has 0 bridgehead atoms. The highest BCUT2D eigenvalue weighted by Gasteiger charge is 2.45. The number of carbonyl (C=O) groups is 1. The van der Waals surface area contributed by atoms with Gasteiger partial charge < -0.3 is 9.73 Å². The third-order valence-electron chi connectivity index (χ3n) is 3.89. The number of carbonyl (C=O) groups excluding carboxylic acids is 1. The Morgan fingerprint density at radius 3 is 2.60 bits per heavy atom. The fourth-order valence-corrected chi connectivity index (χ4v) is 4.20. The molecule has 2 unspecified atom stereocenters. The van der Waals surface area contributed by atoms with Crippen molar-refractivity contribution in [2.24, 2.45) is 5.92 Å². The smallest absolute Gasteiger partial charge is 0.241 e. The van der Waals surface area contributed by atoms with Crippen LogP contribution in [-0.2, 0) is 14.8 Å². The van der Waals surface area contributed by atoms with E-state index in [-0.39, 0.29) is 22.6 Å². The molecule has 134 valence electrons. The van der Waals surface area contributed by atoms with E-state index in [1.807, 2.05) is 6.07 Å². The Balaban J connectivity index is 1.69. The van der Waals surface area contributed by atoms with Crippen LogP contribution in [-0.4, -0.2) is 19.9 Å². The molecule has 1 aromatic heterocycles. The van der Waals surface area contributed by atoms with E-state index in [0.29, 0.717) is 5.69 Å². The highest BCUT2D eigenvalue weighted by Crippen LogP contribution is 2.48. The SMILES string of the molecule is CC(C)(C)NS(=O)(=O)c1cccc(NC(=O)C2CC2c2ccco2)c1. The summed E-state index contributed by atoms with van der Waals surface area (Å²) in [5.41, 5.74) is -0.116. The second-order valence-electron chi connectivity index (χ2n) is 7.34. The average Bonchev–Trinajstić information content (AvgIpc) is 3.11. The summed E-state index contributed by atoms with van der Waals surface area (Å²) < 4.78 is 32.7. The first-order valence-corrected chi connectivity index (χ1v) is 9.62. The van der Waals surface area contributed by atoms with Gasteiger partial charge in [0.2, 0.25) is 15.9 Å². The van der Waals surface area contributed by atoms with Gasteiger partial charge in [0.25, 0.3) is 0 Å². The van der Waals surface area contributed by atoms with Gasteiger partial charge in [-0.05, 0) is 57.5 Å². The molecule has 1 aromatic carbocycles. The van der Waals surface area contributed by atoms with Gasteiger partial charge in [-0.1, -0.05) is 6.07 Å². The maximum Gasteiger partial charge on any atom is 0.241 e. The molecule has 1 fully saturated rings. The van der Waals surface area contributed by atoms with E-state index in [2.05, 4.69) is 10.0 Å². The average molecular weight is 362 g/mol. The van der Waals surface area contributed by atoms with Crippen molar-refractivity contribution in [1.29, 1.82) is 0 Å². The summed E-state index contributed by atoms with van der Waals surface area (Å²) in [4.78, 5) is 12.5. The van der Waals surface area contributed by atoms with Crippen LogP contribution in [0.1, 0.15) is 38.9 Å². The van der Waals surface area contributed by atoms with E-state index in [0.717, 1.165) is 12.2 Å². The number of furan rings is 1. The quantitative estimate of drug-likeness (QED) is 0.855. The molecular weight excluding hydrogens is 340 g/mol. The summed E-state index contributed by atoms with van der Waals surface area (Å²) in [5, 5.41) is 2.80. The van der Waals surface area contributed by atoms with Crippen LogP contribution in [0.4, 0.5) is 5.69 Å². The minimum absolute atomic E-state index is 0.101. The molecule has 2 N–H and O–H groups in total. The summed E-state index contributed by atoms with van der Waals surface area (Å²) in [7, 11) is -3.64. The first kappa shape index (κ1) is 17.7. The molecular formula is C18H22N2O4S. The molecule has 25 heavy (non-hydrogen) atoms. The number of rotatable bonds is 5. The van der Waals surface area contributed by atoms with E-state index in [4.69, 9.17) is 4.42 Å². The minimum Gasteiger partial charge on any atom is -0.469 e. The van der Waals surface area contributed by atoms with Crippen LogP contribution in [0.25, 0.3) is 0 Å². The summed E-state index contributed by atoms with van der Waals surface area (Å²) in [6, 6.07) is 9.94. The van der Waals surface area contributed by atoms with Crippen molar-refractivity contribution in [3.63, 3.8) is 0 Å². The first-order valence-electron chi connectivity index (χ1n) is 8.14. The number of sulfonamides is 1. The van der Waals surface area contributed by atoms with E-state index in [9.17, 15) is 13.2 Å². The highest BCUT2D eigenvalue weighted by atomic mass is 32.2. The predicted molar refractivity (Wildman–Crippen MR) is 94.7 cm³/mol.